The average molecular weight is 548 g/mol. The Balaban J connectivity index is 2.19. The summed E-state index contributed by atoms with van der Waals surface area (Å²) in [6, 6.07) is 5.59. The van der Waals surface area contributed by atoms with Gasteiger partial charge in [0.05, 0.1) is 38.4 Å². The average Bonchev–Trinajstić information content (AvgIpc) is 2.80. The van der Waals surface area contributed by atoms with Gasteiger partial charge in [-0.1, -0.05) is 29.8 Å². The number of nitrogens with two attached hydrogens (primary N) is 1. The molecule has 0 unspecified atom stereocenters. The highest BCUT2D eigenvalue weighted by Gasteiger charge is 2.44. The Morgan fingerprint density at radius 3 is 2.57 bits per heavy atom. The number of hydrogen-bond donors (Lipinski definition) is 1. The largest absolute Gasteiger partial charge is 0.493 e. The summed E-state index contributed by atoms with van der Waals surface area (Å²) in [6.45, 7) is 4.61. The highest BCUT2D eigenvalue weighted by atomic mass is 79.9. The summed E-state index contributed by atoms with van der Waals surface area (Å²) in [6.07, 6.45) is 0.983. The highest BCUT2D eigenvalue weighted by molar-refractivity contribution is 9.10. The van der Waals surface area contributed by atoms with E-state index in [1.54, 1.807) is 19.2 Å². The normalized spacial score (nSPS) is 19.3. The first-order chi connectivity index (χ1) is 16.6. The van der Waals surface area contributed by atoms with Crippen molar-refractivity contribution < 1.29 is 28.5 Å². The predicted molar refractivity (Wildman–Crippen MR) is 131 cm³/mol. The van der Waals surface area contributed by atoms with E-state index in [-0.39, 0.29) is 23.4 Å². The van der Waals surface area contributed by atoms with Gasteiger partial charge in [0.1, 0.15) is 5.82 Å². The second-order valence-corrected chi connectivity index (χ2v) is 10.0. The van der Waals surface area contributed by atoms with E-state index < -0.39 is 11.9 Å². The Labute approximate surface area is 213 Å². The van der Waals surface area contributed by atoms with Gasteiger partial charge in [0.25, 0.3) is 0 Å². The summed E-state index contributed by atoms with van der Waals surface area (Å²) < 4.78 is 21.5. The summed E-state index contributed by atoms with van der Waals surface area (Å²) in [4.78, 5) is 26.9. The van der Waals surface area contributed by atoms with E-state index in [0.717, 1.165) is 5.70 Å². The van der Waals surface area contributed by atoms with Crippen LogP contribution in [0.2, 0.25) is 0 Å². The topological polar surface area (TPSA) is 124 Å². The van der Waals surface area contributed by atoms with Gasteiger partial charge in [0.2, 0.25) is 0 Å². The Kier molecular flexibility index (Phi) is 8.13. The maximum Gasteiger partial charge on any atom is 0.343 e. The zero-order valence-corrected chi connectivity index (χ0v) is 22.2. The first kappa shape index (κ1) is 26.6. The molecule has 2 aliphatic rings. The maximum absolute atomic E-state index is 13.5. The maximum atomic E-state index is 13.5. The van der Waals surface area contributed by atoms with E-state index in [2.05, 4.69) is 26.7 Å². The minimum absolute atomic E-state index is 0.0270. The van der Waals surface area contributed by atoms with Gasteiger partial charge in [-0.2, -0.15) is 5.26 Å². The van der Waals surface area contributed by atoms with E-state index in [1.807, 2.05) is 18.7 Å². The Bertz CT molecular complexity index is 1130. The third kappa shape index (κ3) is 5.31. The fourth-order valence-corrected chi connectivity index (χ4v) is 5.12. The van der Waals surface area contributed by atoms with Crippen molar-refractivity contribution in [2.45, 2.75) is 32.6 Å². The fourth-order valence-electron chi connectivity index (χ4n) is 4.56. The number of carbonyl (C=O) groups excluding carboxylic acids is 2. The van der Waals surface area contributed by atoms with Crippen LogP contribution in [0.4, 0.5) is 0 Å². The van der Waals surface area contributed by atoms with Crippen LogP contribution in [0.15, 0.2) is 39.3 Å². The summed E-state index contributed by atoms with van der Waals surface area (Å²) in [7, 11) is 4.34. The van der Waals surface area contributed by atoms with Gasteiger partial charge >= 0.3 is 5.97 Å². The van der Waals surface area contributed by atoms with E-state index in [0.29, 0.717) is 58.9 Å². The van der Waals surface area contributed by atoms with Gasteiger partial charge in [-0.3, -0.25) is 4.79 Å². The first-order valence-electron chi connectivity index (χ1n) is 11.1. The van der Waals surface area contributed by atoms with Crippen LogP contribution in [0.25, 0.3) is 0 Å². The van der Waals surface area contributed by atoms with E-state index >= 15 is 0 Å². The molecule has 9 nitrogen and oxygen atoms in total. The van der Waals surface area contributed by atoms with Crippen molar-refractivity contribution in [2.24, 2.45) is 11.1 Å². The van der Waals surface area contributed by atoms with Crippen molar-refractivity contribution in [2.75, 3.05) is 41.1 Å². The third-order valence-corrected chi connectivity index (χ3v) is 6.86. The van der Waals surface area contributed by atoms with Crippen LogP contribution in [0, 0.1) is 16.7 Å². The van der Waals surface area contributed by atoms with Gasteiger partial charge < -0.3 is 29.6 Å². The monoisotopic (exact) mass is 547 g/mol. The molecule has 0 radical (unpaired) electrons. The summed E-state index contributed by atoms with van der Waals surface area (Å²) in [5.74, 6) is -0.294. The molecule has 0 aromatic heterocycles. The molecule has 1 atom stereocenters. The van der Waals surface area contributed by atoms with Crippen molar-refractivity contribution in [3.63, 3.8) is 0 Å². The lowest BCUT2D eigenvalue weighted by atomic mass is 9.68. The molecule has 0 saturated carbocycles. The van der Waals surface area contributed by atoms with Crippen molar-refractivity contribution >= 4 is 27.7 Å². The molecular weight excluding hydrogens is 518 g/mol. The number of benzene rings is 1. The van der Waals surface area contributed by atoms with Gasteiger partial charge in [0, 0.05) is 35.8 Å². The summed E-state index contributed by atoms with van der Waals surface area (Å²) >= 11 is 3.57. The molecule has 1 aromatic rings. The number of allylic oxidation sites excluding steroid dienone is 3. The molecule has 1 aliphatic heterocycles. The van der Waals surface area contributed by atoms with Gasteiger partial charge in [0.15, 0.2) is 23.9 Å². The standard InChI is InChI=1S/C25H30BrN3O6/c1-25(2)10-17-23(18(30)11-25)22(15(12-27)24(28)29(17)6-7-32-3)14-8-19(33-4)20(9-16(14)26)35-13-21(31)34-5/h8-9,22H,6-7,10-11,13,28H2,1-5H3/t22-/m1/s1. The van der Waals surface area contributed by atoms with Crippen LogP contribution in [0.3, 0.4) is 0 Å². The molecule has 0 saturated heterocycles. The fraction of sp³-hybridized carbons (Fsp3) is 0.480. The molecule has 35 heavy (non-hydrogen) atoms. The molecule has 188 valence electrons. The summed E-state index contributed by atoms with van der Waals surface area (Å²) in [5.41, 5.74) is 8.57. The minimum Gasteiger partial charge on any atom is -0.493 e. The van der Waals surface area contributed by atoms with Crippen LogP contribution in [0.1, 0.15) is 38.2 Å². The molecule has 0 fully saturated rings. The molecule has 1 heterocycles. The molecule has 3 rings (SSSR count). The zero-order chi connectivity index (χ0) is 25.9. The van der Waals surface area contributed by atoms with Crippen LogP contribution in [-0.2, 0) is 19.1 Å². The number of rotatable bonds is 8. The number of ketones is 1. The second-order valence-electron chi connectivity index (χ2n) is 9.18. The number of Topliss-reactive ketones (excluding diaryl/α,β-unsaturated/α-hetero) is 1. The number of halogens is 1. The van der Waals surface area contributed by atoms with Crippen LogP contribution in [0.5, 0.6) is 11.5 Å². The van der Waals surface area contributed by atoms with Crippen molar-refractivity contribution in [1.29, 1.82) is 5.26 Å². The first-order valence-corrected chi connectivity index (χ1v) is 11.9. The lowest BCUT2D eigenvalue weighted by molar-refractivity contribution is -0.142. The molecule has 10 heteroatoms. The number of esters is 1. The molecule has 0 amide bonds. The van der Waals surface area contributed by atoms with Crippen LogP contribution >= 0.6 is 15.9 Å². The predicted octanol–water partition coefficient (Wildman–Crippen LogP) is 3.39. The SMILES string of the molecule is COCCN1C(N)=C(C#N)[C@@H](c2cc(OC)c(OCC(=O)OC)cc2Br)C2=C1CC(C)(C)CC2=O. The molecule has 2 N–H and O–H groups in total. The van der Waals surface area contributed by atoms with Crippen molar-refractivity contribution in [3.05, 3.63) is 44.8 Å². The second kappa shape index (κ2) is 10.7. The number of methoxy groups -OCH3 is 3. The smallest absolute Gasteiger partial charge is 0.343 e. The Hall–Kier alpha value is -3.03. The quantitative estimate of drug-likeness (QED) is 0.487. The lowest BCUT2D eigenvalue weighted by Crippen LogP contribution is -2.43. The van der Waals surface area contributed by atoms with Crippen LogP contribution in [-0.4, -0.2) is 57.7 Å². The Morgan fingerprint density at radius 1 is 1.26 bits per heavy atom. The molecule has 1 aliphatic carbocycles. The Morgan fingerprint density at radius 2 is 1.97 bits per heavy atom. The third-order valence-electron chi connectivity index (χ3n) is 6.17. The van der Waals surface area contributed by atoms with E-state index in [4.69, 9.17) is 19.9 Å². The van der Waals surface area contributed by atoms with E-state index in [1.165, 1.54) is 14.2 Å². The lowest BCUT2D eigenvalue weighted by Gasteiger charge is -2.44. The molecule has 1 aromatic carbocycles. The molecule has 0 bridgehead atoms. The number of ether oxygens (including phenoxy) is 4. The molecular formula is C25H30BrN3O6. The number of nitrogens with zero attached hydrogens (tertiary/aromatic N) is 2. The highest BCUT2D eigenvalue weighted by Crippen LogP contribution is 2.51. The minimum atomic E-state index is -0.685. The van der Waals surface area contributed by atoms with Gasteiger partial charge in [-0.05, 0) is 29.5 Å². The number of nitriles is 1. The van der Waals surface area contributed by atoms with Crippen molar-refractivity contribution in [3.8, 4) is 17.6 Å². The zero-order valence-electron chi connectivity index (χ0n) is 20.6. The summed E-state index contributed by atoms with van der Waals surface area (Å²) in [5, 5.41) is 10.2. The van der Waals surface area contributed by atoms with Crippen LogP contribution < -0.4 is 15.2 Å². The van der Waals surface area contributed by atoms with Gasteiger partial charge in [-0.25, -0.2) is 4.79 Å². The van der Waals surface area contributed by atoms with E-state index in [9.17, 15) is 14.9 Å². The number of carbonyl (C=O) groups is 2. The van der Waals surface area contributed by atoms with Crippen molar-refractivity contribution in [1.82, 2.24) is 4.90 Å². The molecule has 0 spiro atoms. The van der Waals surface area contributed by atoms with Gasteiger partial charge in [-0.15, -0.1) is 0 Å². The number of hydrogen-bond acceptors (Lipinski definition) is 9.